The second-order valence-corrected chi connectivity index (χ2v) is 17.7. The maximum atomic E-state index is 14.0. The topological polar surface area (TPSA) is 212 Å². The number of alkyl carbamates (subject to hydrolysis) is 1. The molecule has 296 valence electrons. The zero-order valence-electron chi connectivity index (χ0n) is 31.9. The molecule has 0 aliphatic carbocycles. The van der Waals surface area contributed by atoms with Crippen LogP contribution in [0.1, 0.15) is 108 Å². The van der Waals surface area contributed by atoms with Gasteiger partial charge in [0.1, 0.15) is 11.4 Å². The quantitative estimate of drug-likeness (QED) is 0.0735. The molecule has 2 heterocycles. The van der Waals surface area contributed by atoms with Gasteiger partial charge in [0, 0.05) is 30.9 Å². The molecule has 6 N–H and O–H groups in total. The van der Waals surface area contributed by atoms with Gasteiger partial charge in [-0.1, -0.05) is 43.5 Å². The molecule has 1 aliphatic rings. The van der Waals surface area contributed by atoms with Gasteiger partial charge < -0.3 is 40.8 Å². The first kappa shape index (κ1) is 42.4. The van der Waals surface area contributed by atoms with E-state index in [-0.39, 0.29) is 65.5 Å². The predicted molar refractivity (Wildman–Crippen MR) is 206 cm³/mol. The van der Waals surface area contributed by atoms with Crippen LogP contribution in [0.3, 0.4) is 0 Å². The summed E-state index contributed by atoms with van der Waals surface area (Å²) >= 11 is 0. The van der Waals surface area contributed by atoms with E-state index in [4.69, 9.17) is 25.1 Å². The van der Waals surface area contributed by atoms with E-state index in [9.17, 15) is 23.1 Å². The van der Waals surface area contributed by atoms with Crippen LogP contribution in [0, 0.1) is 0 Å². The normalized spacial score (nSPS) is 15.7. The van der Waals surface area contributed by atoms with Crippen molar-refractivity contribution in [3.05, 3.63) is 59.9 Å². The fourth-order valence-corrected chi connectivity index (χ4v) is 7.61. The molecule has 0 spiro atoms. The molecule has 2 aromatic carbocycles. The average molecular weight is 770 g/mol. The van der Waals surface area contributed by atoms with E-state index >= 15 is 0 Å². The molecule has 1 aliphatic heterocycles. The van der Waals surface area contributed by atoms with Crippen LogP contribution in [0.25, 0.3) is 11.3 Å². The number of unbranched alkanes of at least 4 members (excludes halogenated alkanes) is 3. The van der Waals surface area contributed by atoms with Crippen molar-refractivity contribution in [2.75, 3.05) is 24.3 Å². The van der Waals surface area contributed by atoms with E-state index in [1.807, 2.05) is 0 Å². The number of aliphatic hydroxyl groups excluding tert-OH is 1. The summed E-state index contributed by atoms with van der Waals surface area (Å²) in [4.78, 5) is 34.1. The van der Waals surface area contributed by atoms with Crippen LogP contribution in [0.15, 0.2) is 53.6 Å². The number of nitrogens with two attached hydrogens (primary N) is 1. The number of amides is 2. The van der Waals surface area contributed by atoms with Gasteiger partial charge in [-0.2, -0.15) is 0 Å². The van der Waals surface area contributed by atoms with Crippen molar-refractivity contribution in [2.45, 2.75) is 127 Å². The van der Waals surface area contributed by atoms with E-state index < -0.39 is 32.2 Å². The van der Waals surface area contributed by atoms with Crippen molar-refractivity contribution >= 4 is 33.3 Å². The van der Waals surface area contributed by atoms with E-state index in [0.29, 0.717) is 24.2 Å². The highest BCUT2D eigenvalue weighted by atomic mass is 32.2. The van der Waals surface area contributed by atoms with Crippen molar-refractivity contribution in [3.63, 3.8) is 0 Å². The summed E-state index contributed by atoms with van der Waals surface area (Å²) in [5.41, 5.74) is 6.32. The van der Waals surface area contributed by atoms with E-state index in [1.165, 1.54) is 24.4 Å². The van der Waals surface area contributed by atoms with Gasteiger partial charge >= 0.3 is 6.09 Å². The number of benzene rings is 2. The summed E-state index contributed by atoms with van der Waals surface area (Å²) in [6.45, 7) is 9.35. The summed E-state index contributed by atoms with van der Waals surface area (Å²) in [5.74, 6) is -1.15. The van der Waals surface area contributed by atoms with Gasteiger partial charge in [0.15, 0.2) is 27.6 Å². The summed E-state index contributed by atoms with van der Waals surface area (Å²) in [6, 6.07) is 10.9. The lowest BCUT2D eigenvalue weighted by atomic mass is 9.99. The number of anilines is 2. The standard InChI is InChI=1S/C39H55N5O9S/c1-38(2,3)53-37(48)42-24-27-13-12-15-30(34(27)46)44-36(47)33-35(40)41-25-31(43-33)26-17-19-29(20-18-26)54(49,50)39(4,5)23-28(14-8-6-7-10-21-45)52-32-16-9-11-22-51-32/h12-13,15,17-20,25,28,32,45-46H,6-11,14,16,21-24H2,1-5H3,(H2,40,41)(H,42,48)(H,44,47). The number of aliphatic hydroxyl groups is 1. The second-order valence-electron chi connectivity index (χ2n) is 15.1. The Morgan fingerprint density at radius 1 is 1.04 bits per heavy atom. The molecule has 2 unspecified atom stereocenters. The van der Waals surface area contributed by atoms with Gasteiger partial charge in [0.25, 0.3) is 5.91 Å². The van der Waals surface area contributed by atoms with E-state index in [2.05, 4.69) is 20.6 Å². The number of aromatic hydroxyl groups is 1. The van der Waals surface area contributed by atoms with Crippen molar-refractivity contribution in [1.29, 1.82) is 0 Å². The minimum absolute atomic E-state index is 0.0549. The second kappa shape index (κ2) is 18.8. The monoisotopic (exact) mass is 769 g/mol. The van der Waals surface area contributed by atoms with Crippen LogP contribution < -0.4 is 16.4 Å². The van der Waals surface area contributed by atoms with Crippen LogP contribution in [0.2, 0.25) is 0 Å². The molecule has 1 fully saturated rings. The summed E-state index contributed by atoms with van der Waals surface area (Å²) in [6.07, 6.45) is 7.18. The van der Waals surface area contributed by atoms with Gasteiger partial charge in [0.2, 0.25) is 0 Å². The number of nitrogens with zero attached hydrogens (tertiary/aromatic N) is 2. The summed E-state index contributed by atoms with van der Waals surface area (Å²) in [5, 5.41) is 25.1. The minimum atomic E-state index is -3.83. The number of phenols is 1. The van der Waals surface area contributed by atoms with Gasteiger partial charge in [-0.15, -0.1) is 0 Å². The largest absolute Gasteiger partial charge is 0.505 e. The number of nitrogens with one attached hydrogen (secondary N) is 2. The Kier molecular flexibility index (Phi) is 14.8. The van der Waals surface area contributed by atoms with E-state index in [0.717, 1.165) is 44.9 Å². The van der Waals surface area contributed by atoms with Crippen molar-refractivity contribution < 1.29 is 42.4 Å². The first-order valence-corrected chi connectivity index (χ1v) is 19.9. The molecule has 2 amide bonds. The number of ether oxygens (including phenoxy) is 3. The number of hydrogen-bond acceptors (Lipinski definition) is 12. The lowest BCUT2D eigenvalue weighted by Crippen LogP contribution is -2.39. The molecule has 14 nitrogen and oxygen atoms in total. The number of phenolic OH excluding ortho intramolecular Hbond substituents is 1. The Balaban J connectivity index is 1.46. The predicted octanol–water partition coefficient (Wildman–Crippen LogP) is 6.51. The Hall–Kier alpha value is -4.31. The average Bonchev–Trinajstić information content (AvgIpc) is 3.11. The van der Waals surface area contributed by atoms with Crippen molar-refractivity contribution in [1.82, 2.24) is 15.3 Å². The third kappa shape index (κ3) is 11.8. The molecule has 0 saturated carbocycles. The maximum Gasteiger partial charge on any atom is 0.407 e. The number of sulfone groups is 1. The Labute approximate surface area is 318 Å². The number of aromatic nitrogens is 2. The van der Waals surface area contributed by atoms with Crippen LogP contribution in [0.5, 0.6) is 5.75 Å². The fraction of sp³-hybridized carbons (Fsp3) is 0.538. The van der Waals surface area contributed by atoms with Gasteiger partial charge in [0.05, 0.1) is 33.3 Å². The van der Waals surface area contributed by atoms with Crippen LogP contribution in [-0.2, 0) is 30.6 Å². The molecule has 0 bridgehead atoms. The Morgan fingerprint density at radius 2 is 1.76 bits per heavy atom. The lowest BCUT2D eigenvalue weighted by Gasteiger charge is -2.33. The number of hydrogen-bond donors (Lipinski definition) is 5. The highest BCUT2D eigenvalue weighted by molar-refractivity contribution is 7.92. The molecule has 2 atom stereocenters. The molecular formula is C39H55N5O9S. The highest BCUT2D eigenvalue weighted by Crippen LogP contribution is 2.34. The molecule has 1 aromatic heterocycles. The smallest absolute Gasteiger partial charge is 0.407 e. The van der Waals surface area contributed by atoms with E-state index in [1.54, 1.807) is 58.9 Å². The zero-order valence-corrected chi connectivity index (χ0v) is 32.7. The van der Waals surface area contributed by atoms with Crippen LogP contribution in [0.4, 0.5) is 16.3 Å². The number of carbonyl (C=O) groups is 2. The van der Waals surface area contributed by atoms with Gasteiger partial charge in [-0.25, -0.2) is 23.2 Å². The SMILES string of the molecule is CC(C)(C)OC(=O)NCc1cccc(NC(=O)c2nc(-c3ccc(S(=O)(=O)C(C)(C)CC(CCCCCCO)OC4CCCCO4)cc3)cnc2N)c1O. The third-order valence-corrected chi connectivity index (χ3v) is 11.5. The highest BCUT2D eigenvalue weighted by Gasteiger charge is 2.39. The molecule has 1 saturated heterocycles. The van der Waals surface area contributed by atoms with Crippen molar-refractivity contribution in [3.8, 4) is 17.0 Å². The van der Waals surface area contributed by atoms with Crippen molar-refractivity contribution in [2.24, 2.45) is 0 Å². The first-order valence-electron chi connectivity index (χ1n) is 18.5. The molecule has 4 rings (SSSR count). The Bertz CT molecular complexity index is 1820. The van der Waals surface area contributed by atoms with Crippen LogP contribution >= 0.6 is 0 Å². The van der Waals surface area contributed by atoms with Gasteiger partial charge in [-0.3, -0.25) is 4.79 Å². The molecule has 15 heteroatoms. The molecule has 54 heavy (non-hydrogen) atoms. The number of carbonyl (C=O) groups excluding carboxylic acids is 2. The minimum Gasteiger partial charge on any atom is -0.505 e. The Morgan fingerprint density at radius 3 is 2.43 bits per heavy atom. The molecule has 3 aromatic rings. The summed E-state index contributed by atoms with van der Waals surface area (Å²) in [7, 11) is -3.83. The first-order chi connectivity index (χ1) is 25.5. The molecular weight excluding hydrogens is 715 g/mol. The number of para-hydroxylation sites is 1. The maximum absolute atomic E-state index is 14.0. The number of rotatable bonds is 17. The van der Waals surface area contributed by atoms with Gasteiger partial charge in [-0.05, 0) is 91.3 Å². The number of nitrogen functional groups attached to an aromatic ring is 1. The zero-order chi connectivity index (χ0) is 39.5. The fourth-order valence-electron chi connectivity index (χ4n) is 6.07. The molecule has 0 radical (unpaired) electrons. The summed E-state index contributed by atoms with van der Waals surface area (Å²) < 4.78 is 44.3. The van der Waals surface area contributed by atoms with Crippen LogP contribution in [-0.4, -0.2) is 76.6 Å². The third-order valence-electron chi connectivity index (χ3n) is 9.03. The lowest BCUT2D eigenvalue weighted by molar-refractivity contribution is -0.191.